The molecule has 0 saturated carbocycles. The van der Waals surface area contributed by atoms with Crippen LogP contribution in [0.1, 0.15) is 22.9 Å². The van der Waals surface area contributed by atoms with Crippen molar-refractivity contribution < 1.29 is 28.8 Å². The molecule has 0 radical (unpaired) electrons. The lowest BCUT2D eigenvalue weighted by Gasteiger charge is -2.56. The molecule has 41 heavy (non-hydrogen) atoms. The van der Waals surface area contributed by atoms with Gasteiger partial charge in [-0.3, -0.25) is 14.6 Å². The van der Waals surface area contributed by atoms with Crippen LogP contribution < -0.4 is 14.2 Å². The van der Waals surface area contributed by atoms with E-state index in [0.717, 1.165) is 59.0 Å². The molecule has 0 unspecified atom stereocenters. The first-order valence-electron chi connectivity index (χ1n) is 14.2. The summed E-state index contributed by atoms with van der Waals surface area (Å²) in [5, 5.41) is 12.0. The fraction of sp³-hybridized carbons (Fsp3) is 0.516. The Hall–Kier alpha value is -3.31. The fourth-order valence-electron chi connectivity index (χ4n) is 6.99. The minimum atomic E-state index is -0.251. The predicted molar refractivity (Wildman–Crippen MR) is 155 cm³/mol. The number of hydrogen-bond acceptors (Lipinski definition) is 8. The normalized spacial score (nSPS) is 20.6. The molecule has 4 heterocycles. The number of morpholine rings is 1. The average Bonchev–Trinajstić information content (AvgIpc) is 3.27. The quantitative estimate of drug-likeness (QED) is 0.446. The third-order valence-electron chi connectivity index (χ3n) is 9.02. The van der Waals surface area contributed by atoms with E-state index in [1.807, 2.05) is 29.2 Å². The first-order valence-corrected chi connectivity index (χ1v) is 14.2. The summed E-state index contributed by atoms with van der Waals surface area (Å²) in [6, 6.07) is 11.9. The zero-order chi connectivity index (χ0) is 28.7. The number of fused-ring (bicyclic) bond motifs is 4. The van der Waals surface area contributed by atoms with E-state index >= 15 is 0 Å². The highest BCUT2D eigenvalue weighted by Gasteiger charge is 2.54. The molecular formula is C31H40N4O6. The maximum Gasteiger partial charge on any atom is 0.236 e. The molecule has 1 amide bonds. The number of aromatic nitrogens is 1. The lowest BCUT2D eigenvalue weighted by Crippen LogP contribution is -2.68. The van der Waals surface area contributed by atoms with Gasteiger partial charge < -0.3 is 33.5 Å². The number of aliphatic hydroxyl groups is 1. The van der Waals surface area contributed by atoms with Crippen molar-refractivity contribution in [2.75, 3.05) is 80.4 Å². The summed E-state index contributed by atoms with van der Waals surface area (Å²) in [7, 11) is 7.04. The summed E-state index contributed by atoms with van der Waals surface area (Å²) in [4.78, 5) is 19.9. The monoisotopic (exact) mass is 564 g/mol. The van der Waals surface area contributed by atoms with E-state index in [0.29, 0.717) is 39.4 Å². The molecule has 1 atom stereocenters. The van der Waals surface area contributed by atoms with Crippen molar-refractivity contribution in [3.05, 3.63) is 53.2 Å². The molecule has 1 N–H and O–H groups in total. The van der Waals surface area contributed by atoms with Crippen LogP contribution >= 0.6 is 0 Å². The highest BCUT2D eigenvalue weighted by atomic mass is 16.5. The molecule has 3 aliphatic heterocycles. The van der Waals surface area contributed by atoms with E-state index in [9.17, 15) is 9.90 Å². The highest BCUT2D eigenvalue weighted by Crippen LogP contribution is 2.50. The largest absolute Gasteiger partial charge is 0.497 e. The number of likely N-dealkylation sites (tertiary alicyclic amines) is 1. The molecule has 2 saturated heterocycles. The average molecular weight is 565 g/mol. The minimum absolute atomic E-state index is 0.0227. The van der Waals surface area contributed by atoms with Gasteiger partial charge in [0.2, 0.25) is 5.91 Å². The first kappa shape index (κ1) is 27.8. The first-order chi connectivity index (χ1) is 19.9. The molecule has 3 aliphatic rings. The lowest BCUT2D eigenvalue weighted by atomic mass is 9.68. The zero-order valence-corrected chi connectivity index (χ0v) is 24.4. The molecule has 10 heteroatoms. The van der Waals surface area contributed by atoms with Gasteiger partial charge in [-0.05, 0) is 35.4 Å². The van der Waals surface area contributed by atoms with Crippen LogP contribution in [0.25, 0.3) is 10.9 Å². The van der Waals surface area contributed by atoms with Crippen LogP contribution in [-0.2, 0) is 28.5 Å². The summed E-state index contributed by atoms with van der Waals surface area (Å²) < 4.78 is 24.3. The van der Waals surface area contributed by atoms with Crippen molar-refractivity contribution in [2.45, 2.75) is 18.0 Å². The molecule has 1 aromatic heterocycles. The molecule has 1 spiro atoms. The smallest absolute Gasteiger partial charge is 0.236 e. The molecule has 6 rings (SSSR count). The van der Waals surface area contributed by atoms with Crippen molar-refractivity contribution in [1.82, 2.24) is 19.3 Å². The Bertz CT molecular complexity index is 1400. The van der Waals surface area contributed by atoms with Crippen LogP contribution in [0.2, 0.25) is 0 Å². The van der Waals surface area contributed by atoms with Crippen LogP contribution in [0, 0.1) is 0 Å². The number of methoxy groups -OCH3 is 3. The van der Waals surface area contributed by atoms with Crippen LogP contribution in [-0.4, -0.2) is 111 Å². The van der Waals surface area contributed by atoms with Gasteiger partial charge in [-0.15, -0.1) is 0 Å². The van der Waals surface area contributed by atoms with Gasteiger partial charge in [0.15, 0.2) is 0 Å². The maximum absolute atomic E-state index is 13.4. The second-order valence-electron chi connectivity index (χ2n) is 11.4. The molecule has 2 fully saturated rings. The minimum Gasteiger partial charge on any atom is -0.497 e. The molecular weight excluding hydrogens is 524 g/mol. The number of aliphatic hydroxyl groups excluding tert-OH is 1. The van der Waals surface area contributed by atoms with Gasteiger partial charge in [0, 0.05) is 74.9 Å². The van der Waals surface area contributed by atoms with Crippen molar-refractivity contribution in [3.8, 4) is 17.2 Å². The number of carbonyl (C=O) groups is 1. The van der Waals surface area contributed by atoms with Crippen LogP contribution in [0.4, 0.5) is 0 Å². The number of benzene rings is 2. The van der Waals surface area contributed by atoms with Gasteiger partial charge >= 0.3 is 0 Å². The van der Waals surface area contributed by atoms with E-state index in [1.165, 1.54) is 5.56 Å². The van der Waals surface area contributed by atoms with Gasteiger partial charge in [-0.1, -0.05) is 0 Å². The second kappa shape index (κ2) is 11.2. The number of amides is 1. The van der Waals surface area contributed by atoms with Gasteiger partial charge in [0.1, 0.15) is 17.2 Å². The number of ether oxygens (including phenoxy) is 4. The van der Waals surface area contributed by atoms with Crippen molar-refractivity contribution in [2.24, 2.45) is 7.05 Å². The van der Waals surface area contributed by atoms with Crippen LogP contribution in [0.3, 0.4) is 0 Å². The summed E-state index contributed by atoms with van der Waals surface area (Å²) in [5.41, 5.74) is 4.19. The third-order valence-corrected chi connectivity index (χ3v) is 9.02. The van der Waals surface area contributed by atoms with Gasteiger partial charge in [0.25, 0.3) is 0 Å². The van der Waals surface area contributed by atoms with Gasteiger partial charge in [0.05, 0.1) is 59.3 Å². The van der Waals surface area contributed by atoms with E-state index in [1.54, 1.807) is 21.3 Å². The van der Waals surface area contributed by atoms with Crippen molar-refractivity contribution in [3.63, 3.8) is 0 Å². The van der Waals surface area contributed by atoms with Crippen molar-refractivity contribution >= 4 is 16.8 Å². The Morgan fingerprint density at radius 1 is 0.976 bits per heavy atom. The SMILES string of the molecule is COc1cc(CN2CC3(CN(C(=O)CN4CCOCC4)C3)c3c(n(C)c4cc(OC)ccc34)[C@H]2CO)cc(OC)c1. The van der Waals surface area contributed by atoms with Gasteiger partial charge in [-0.25, -0.2) is 0 Å². The molecule has 2 aromatic carbocycles. The number of carbonyl (C=O) groups excluding carboxylic acids is 1. The summed E-state index contributed by atoms with van der Waals surface area (Å²) in [6.07, 6.45) is 0. The Kier molecular flexibility index (Phi) is 7.58. The highest BCUT2D eigenvalue weighted by molar-refractivity contribution is 5.90. The number of hydrogen-bond donors (Lipinski definition) is 1. The Morgan fingerprint density at radius 2 is 1.66 bits per heavy atom. The second-order valence-corrected chi connectivity index (χ2v) is 11.4. The fourth-order valence-corrected chi connectivity index (χ4v) is 6.99. The molecule has 0 bridgehead atoms. The van der Waals surface area contributed by atoms with Crippen LogP contribution in [0.5, 0.6) is 17.2 Å². The number of nitrogens with zero attached hydrogens (tertiary/aromatic N) is 4. The maximum atomic E-state index is 13.4. The zero-order valence-electron chi connectivity index (χ0n) is 24.4. The molecule has 220 valence electrons. The molecule has 3 aromatic rings. The van der Waals surface area contributed by atoms with Crippen LogP contribution in [0.15, 0.2) is 36.4 Å². The van der Waals surface area contributed by atoms with E-state index < -0.39 is 0 Å². The topological polar surface area (TPSA) is 88.9 Å². The molecule has 0 aliphatic carbocycles. The standard InChI is InChI=1S/C31H40N4O6/c1-32-26-14-22(38-2)5-6-25(26)29-30(32)27(17-36)34(15-21-11-23(39-3)13-24(12-21)40-4)18-31(29)19-35(20-31)28(37)16-33-7-9-41-10-8-33/h5-6,11-14,27,36H,7-10,15-20H2,1-4H3/t27-/m1/s1. The lowest BCUT2D eigenvalue weighted by molar-refractivity contribution is -0.143. The van der Waals surface area contributed by atoms with Crippen molar-refractivity contribution in [1.29, 1.82) is 0 Å². The van der Waals surface area contributed by atoms with E-state index in [-0.39, 0.29) is 24.0 Å². The number of aryl methyl sites for hydroxylation is 1. The Morgan fingerprint density at radius 3 is 2.29 bits per heavy atom. The van der Waals surface area contributed by atoms with Gasteiger partial charge in [-0.2, -0.15) is 0 Å². The Balaban J connectivity index is 1.37. The summed E-state index contributed by atoms with van der Waals surface area (Å²) in [5.74, 6) is 2.41. The van der Waals surface area contributed by atoms with E-state index in [2.05, 4.69) is 33.5 Å². The summed E-state index contributed by atoms with van der Waals surface area (Å²) >= 11 is 0. The van der Waals surface area contributed by atoms with E-state index in [4.69, 9.17) is 18.9 Å². The third kappa shape index (κ3) is 4.92. The Labute approximate surface area is 240 Å². The summed E-state index contributed by atoms with van der Waals surface area (Å²) in [6.45, 7) is 5.93. The predicted octanol–water partition coefficient (Wildman–Crippen LogP) is 2.17. The molecule has 10 nitrogen and oxygen atoms in total. The number of rotatable bonds is 8.